The molecule has 0 spiro atoms. The van der Waals surface area contributed by atoms with E-state index >= 15 is 0 Å². The lowest BCUT2D eigenvalue weighted by molar-refractivity contribution is -0.392. The maximum absolute atomic E-state index is 13.3. The van der Waals surface area contributed by atoms with Crippen LogP contribution in [0.3, 0.4) is 0 Å². The molecule has 4 unspecified atom stereocenters. The third kappa shape index (κ3) is 12.9. The molecule has 0 radical (unpaired) electrons. The number of nitrogens with one attached hydrogen (secondary N) is 2. The number of aliphatic hydroxyl groups excluding tert-OH is 4. The number of unbranched alkanes of at least 4 members (excludes halogenated alkanes) is 7. The van der Waals surface area contributed by atoms with Gasteiger partial charge in [-0.05, 0) is 55.5 Å². The Hall–Kier alpha value is -3.25. The molecule has 0 aliphatic carbocycles. The highest BCUT2D eigenvalue weighted by atomic mass is 19.4. The summed E-state index contributed by atoms with van der Waals surface area (Å²) in [4.78, 5) is 25.2. The number of rotatable bonds is 21. The highest BCUT2D eigenvalue weighted by Crippen LogP contribution is 2.36. The SMILES string of the molecule is C[C@@H](O)[C@@H](O)[C@H](COC1OC2C(O)[C@@H](O)C(CNC(=O)Cc3cccc(C(F)(F)F)c3)O[C@H]12)NC(=O)CCCCCCCCCCc1ccc(F)c(F)c1. The van der Waals surface area contributed by atoms with E-state index in [1.54, 1.807) is 6.07 Å². The van der Waals surface area contributed by atoms with Gasteiger partial charge in [0.05, 0.1) is 30.7 Å². The summed E-state index contributed by atoms with van der Waals surface area (Å²) in [6.07, 6.45) is -6.29. The highest BCUT2D eigenvalue weighted by Gasteiger charge is 2.56. The average molecular weight is 775 g/mol. The van der Waals surface area contributed by atoms with Crippen LogP contribution >= 0.6 is 0 Å². The summed E-state index contributed by atoms with van der Waals surface area (Å²) in [6, 6.07) is 7.30. The summed E-state index contributed by atoms with van der Waals surface area (Å²) in [6.45, 7) is 0.798. The van der Waals surface area contributed by atoms with Gasteiger partial charge in [0.25, 0.3) is 0 Å². The van der Waals surface area contributed by atoms with E-state index in [4.69, 9.17) is 14.2 Å². The van der Waals surface area contributed by atoms with Crippen LogP contribution in [0.15, 0.2) is 42.5 Å². The van der Waals surface area contributed by atoms with E-state index < -0.39 is 84.3 Å². The first kappa shape index (κ1) is 43.5. The maximum Gasteiger partial charge on any atom is 0.416 e. The third-order valence-electron chi connectivity index (χ3n) is 9.70. The molecule has 16 heteroatoms. The number of fused-ring (bicyclic) bond motifs is 1. The highest BCUT2D eigenvalue weighted by molar-refractivity contribution is 5.78. The molecule has 2 heterocycles. The zero-order chi connectivity index (χ0) is 39.4. The van der Waals surface area contributed by atoms with Gasteiger partial charge < -0.3 is 45.3 Å². The van der Waals surface area contributed by atoms with Crippen molar-refractivity contribution in [2.75, 3.05) is 13.2 Å². The quantitative estimate of drug-likeness (QED) is 0.0817. The Bertz CT molecular complexity index is 1500. The molecule has 4 rings (SSSR count). The van der Waals surface area contributed by atoms with E-state index in [2.05, 4.69) is 10.6 Å². The Morgan fingerprint density at radius 1 is 0.833 bits per heavy atom. The number of halogens is 5. The molecule has 6 N–H and O–H groups in total. The van der Waals surface area contributed by atoms with Crippen LogP contribution in [0.2, 0.25) is 0 Å². The van der Waals surface area contributed by atoms with E-state index in [1.165, 1.54) is 25.1 Å². The van der Waals surface area contributed by atoms with Gasteiger partial charge in [0.15, 0.2) is 17.9 Å². The summed E-state index contributed by atoms with van der Waals surface area (Å²) >= 11 is 0. The second kappa shape index (κ2) is 20.6. The number of carbonyl (C=O) groups excluding carboxylic acids is 2. The number of hydrogen-bond donors (Lipinski definition) is 6. The average Bonchev–Trinajstić information content (AvgIpc) is 3.11. The van der Waals surface area contributed by atoms with Crippen LogP contribution in [-0.2, 0) is 42.8 Å². The lowest BCUT2D eigenvalue weighted by Gasteiger charge is -2.52. The van der Waals surface area contributed by atoms with Crippen molar-refractivity contribution in [2.24, 2.45) is 0 Å². The maximum atomic E-state index is 13.3. The number of alkyl halides is 3. The molecule has 0 aromatic heterocycles. The largest absolute Gasteiger partial charge is 0.416 e. The molecule has 0 bridgehead atoms. The van der Waals surface area contributed by atoms with E-state index in [-0.39, 0.29) is 37.5 Å². The summed E-state index contributed by atoms with van der Waals surface area (Å²) in [7, 11) is 0. The summed E-state index contributed by atoms with van der Waals surface area (Å²) in [5, 5.41) is 46.9. The predicted molar refractivity (Wildman–Crippen MR) is 185 cm³/mol. The van der Waals surface area contributed by atoms with Crippen LogP contribution in [0.1, 0.15) is 81.4 Å². The fourth-order valence-corrected chi connectivity index (χ4v) is 6.52. The second-order valence-electron chi connectivity index (χ2n) is 14.1. The topological polar surface area (TPSA) is 167 Å². The van der Waals surface area contributed by atoms with Crippen LogP contribution in [0, 0.1) is 11.6 Å². The van der Waals surface area contributed by atoms with Gasteiger partial charge in [-0.1, -0.05) is 62.8 Å². The van der Waals surface area contributed by atoms with Crippen molar-refractivity contribution in [3.8, 4) is 0 Å². The van der Waals surface area contributed by atoms with Gasteiger partial charge >= 0.3 is 6.18 Å². The van der Waals surface area contributed by atoms with E-state index in [1.807, 2.05) is 0 Å². The van der Waals surface area contributed by atoms with Crippen molar-refractivity contribution in [3.05, 3.63) is 70.8 Å². The molecule has 0 saturated carbocycles. The Balaban J connectivity index is 1.13. The zero-order valence-corrected chi connectivity index (χ0v) is 30.1. The van der Waals surface area contributed by atoms with Gasteiger partial charge in [0, 0.05) is 13.0 Å². The first-order valence-electron chi connectivity index (χ1n) is 18.4. The number of benzene rings is 2. The van der Waals surface area contributed by atoms with Gasteiger partial charge in [0.1, 0.15) is 36.6 Å². The van der Waals surface area contributed by atoms with Gasteiger partial charge in [-0.2, -0.15) is 13.2 Å². The predicted octanol–water partition coefficient (Wildman–Crippen LogP) is 3.85. The zero-order valence-electron chi connectivity index (χ0n) is 30.1. The van der Waals surface area contributed by atoms with Gasteiger partial charge in [-0.25, -0.2) is 8.78 Å². The molecule has 2 aliphatic heterocycles. The number of amides is 2. The van der Waals surface area contributed by atoms with Gasteiger partial charge in [-0.15, -0.1) is 0 Å². The number of aryl methyl sites for hydroxylation is 1. The van der Waals surface area contributed by atoms with Crippen molar-refractivity contribution in [3.63, 3.8) is 0 Å². The summed E-state index contributed by atoms with van der Waals surface area (Å²) in [5.74, 6) is -2.65. The monoisotopic (exact) mass is 774 g/mol. The van der Waals surface area contributed by atoms with E-state index in [0.717, 1.165) is 68.7 Å². The van der Waals surface area contributed by atoms with Crippen LogP contribution in [0.4, 0.5) is 22.0 Å². The first-order valence-corrected chi connectivity index (χ1v) is 18.4. The Morgan fingerprint density at radius 2 is 1.52 bits per heavy atom. The van der Waals surface area contributed by atoms with Crippen LogP contribution in [0.25, 0.3) is 0 Å². The van der Waals surface area contributed by atoms with Crippen molar-refractivity contribution in [1.82, 2.24) is 10.6 Å². The number of carbonyl (C=O) groups is 2. The molecule has 2 aliphatic rings. The van der Waals surface area contributed by atoms with Crippen molar-refractivity contribution >= 4 is 11.8 Å². The molecule has 2 aromatic carbocycles. The van der Waals surface area contributed by atoms with Gasteiger partial charge in [-0.3, -0.25) is 9.59 Å². The normalized spacial score (nSPS) is 24.2. The standard InChI is InChI=1S/C38H51F5N2O9/c1-22(46)32(49)28(45-30(47)14-9-7-5-3-2-4-6-8-11-23-15-16-26(39)27(40)18-23)21-52-37-36-35(54-37)34(51)33(50)29(53-36)20-44-31(48)19-24-12-10-13-25(17-24)38(41,42)43/h10,12-13,15-18,22,28-29,32-37,46,49-51H,2-9,11,14,19-21H2,1H3,(H,44,48)(H,45,47)/t22-,28+,29?,32-,33+,34?,35?,36+,37?/m1/s1. The molecular weight excluding hydrogens is 723 g/mol. The summed E-state index contributed by atoms with van der Waals surface area (Å²) in [5.41, 5.74) is 0.0222. The molecule has 2 saturated heterocycles. The number of hydrogen-bond acceptors (Lipinski definition) is 9. The summed E-state index contributed by atoms with van der Waals surface area (Å²) < 4.78 is 82.6. The minimum atomic E-state index is -4.56. The first-order chi connectivity index (χ1) is 25.6. The van der Waals surface area contributed by atoms with Crippen molar-refractivity contribution in [1.29, 1.82) is 0 Å². The Kier molecular flexibility index (Phi) is 16.6. The molecule has 302 valence electrons. The lowest BCUT2D eigenvalue weighted by Crippen LogP contribution is -2.71. The molecule has 2 aromatic rings. The Labute approximate surface area is 311 Å². The number of ether oxygens (including phenoxy) is 3. The smallest absolute Gasteiger partial charge is 0.391 e. The molecule has 9 atom stereocenters. The molecule has 2 fully saturated rings. The third-order valence-corrected chi connectivity index (χ3v) is 9.70. The molecule has 54 heavy (non-hydrogen) atoms. The van der Waals surface area contributed by atoms with Crippen molar-refractivity contribution < 1.29 is 66.2 Å². The molecule has 11 nitrogen and oxygen atoms in total. The lowest BCUT2D eigenvalue weighted by atomic mass is 9.90. The fourth-order valence-electron chi connectivity index (χ4n) is 6.52. The van der Waals surface area contributed by atoms with Crippen LogP contribution in [-0.4, -0.2) is 100 Å². The van der Waals surface area contributed by atoms with Crippen molar-refractivity contribution in [2.45, 2.75) is 139 Å². The number of aliphatic hydroxyl groups is 4. The second-order valence-corrected chi connectivity index (χ2v) is 14.1. The fraction of sp³-hybridized carbons (Fsp3) is 0.632. The molecular formula is C38H51F5N2O9. The van der Waals surface area contributed by atoms with Crippen LogP contribution < -0.4 is 10.6 Å². The van der Waals surface area contributed by atoms with Gasteiger partial charge in [0.2, 0.25) is 11.8 Å². The molecule has 2 amide bonds. The van der Waals surface area contributed by atoms with E-state index in [0.29, 0.717) is 12.8 Å². The minimum absolute atomic E-state index is 0.134. The van der Waals surface area contributed by atoms with Crippen LogP contribution in [0.5, 0.6) is 0 Å². The minimum Gasteiger partial charge on any atom is -0.391 e. The Morgan fingerprint density at radius 3 is 2.19 bits per heavy atom. The van der Waals surface area contributed by atoms with E-state index in [9.17, 15) is 52.0 Å².